The molecule has 3 aliphatic rings. The lowest BCUT2D eigenvalue weighted by molar-refractivity contribution is -0.140. The Morgan fingerprint density at radius 1 is 1.05 bits per heavy atom. The minimum absolute atomic E-state index is 0.0260. The van der Waals surface area contributed by atoms with E-state index in [0.717, 1.165) is 23.9 Å². The van der Waals surface area contributed by atoms with Crippen molar-refractivity contribution in [2.24, 2.45) is 0 Å². The van der Waals surface area contributed by atoms with E-state index in [4.69, 9.17) is 0 Å². The Kier molecular flexibility index (Phi) is 7.23. The van der Waals surface area contributed by atoms with Gasteiger partial charge in [-0.15, -0.1) is 0 Å². The van der Waals surface area contributed by atoms with Gasteiger partial charge in [-0.3, -0.25) is 14.7 Å². The highest BCUT2D eigenvalue weighted by Gasteiger charge is 2.52. The Hall–Kier alpha value is -2.96. The van der Waals surface area contributed by atoms with Gasteiger partial charge in [0.2, 0.25) is 5.95 Å². The van der Waals surface area contributed by atoms with Gasteiger partial charge < -0.3 is 15.3 Å². The van der Waals surface area contributed by atoms with Gasteiger partial charge in [-0.1, -0.05) is 30.3 Å². The van der Waals surface area contributed by atoms with Gasteiger partial charge in [0.25, 0.3) is 0 Å². The maximum absolute atomic E-state index is 14.2. The highest BCUT2D eigenvalue weighted by molar-refractivity contribution is 5.96. The van der Waals surface area contributed by atoms with Gasteiger partial charge in [0.15, 0.2) is 5.69 Å². The lowest BCUT2D eigenvalue weighted by Gasteiger charge is -2.48. The lowest BCUT2D eigenvalue weighted by Crippen LogP contribution is -2.54. The van der Waals surface area contributed by atoms with E-state index in [0.29, 0.717) is 39.0 Å². The van der Waals surface area contributed by atoms with Crippen LogP contribution in [0, 0.1) is 0 Å². The molecule has 0 bridgehead atoms. The van der Waals surface area contributed by atoms with E-state index < -0.39 is 29.7 Å². The smallest absolute Gasteiger partial charge is 0.379 e. The Morgan fingerprint density at radius 2 is 1.69 bits per heavy atom. The molecule has 2 amide bonds. The first-order valence-corrected chi connectivity index (χ1v) is 13.4. The molecule has 12 heteroatoms. The number of anilines is 2. The summed E-state index contributed by atoms with van der Waals surface area (Å²) in [6, 6.07) is 9.66. The molecule has 2 N–H and O–H groups in total. The van der Waals surface area contributed by atoms with Crippen LogP contribution in [0.5, 0.6) is 0 Å². The predicted octanol–water partition coefficient (Wildman–Crippen LogP) is 3.26. The number of aliphatic hydroxyl groups excluding tert-OH is 1. The van der Waals surface area contributed by atoms with Crippen molar-refractivity contribution < 1.29 is 23.1 Å². The van der Waals surface area contributed by atoms with E-state index in [2.05, 4.69) is 32.3 Å². The molecule has 1 saturated carbocycles. The number of piperazine rings is 1. The van der Waals surface area contributed by atoms with Crippen molar-refractivity contribution in [2.75, 3.05) is 56.6 Å². The summed E-state index contributed by atoms with van der Waals surface area (Å²) >= 11 is 0. The SMILES string of the molecule is CC(O)N1CCN(c2ncc(N3C[C@]4(CC[C@](c5ccccc5)(N(C)C)CC4)NC3=O)c(C(F)(F)F)n2)CC1. The Bertz CT molecular complexity index is 1180. The third-order valence-corrected chi connectivity index (χ3v) is 8.72. The predicted molar refractivity (Wildman–Crippen MR) is 141 cm³/mol. The molecule has 39 heavy (non-hydrogen) atoms. The molecule has 9 nitrogen and oxygen atoms in total. The number of hydrogen-bond acceptors (Lipinski definition) is 7. The first-order valence-electron chi connectivity index (χ1n) is 13.4. The molecule has 2 aliphatic heterocycles. The molecule has 3 heterocycles. The fraction of sp³-hybridized carbons (Fsp3) is 0.593. The summed E-state index contributed by atoms with van der Waals surface area (Å²) in [6.45, 7) is 3.54. The number of nitrogens with one attached hydrogen (secondary N) is 1. The van der Waals surface area contributed by atoms with Crippen LogP contribution in [-0.2, 0) is 11.7 Å². The number of nitrogens with zero attached hydrogens (tertiary/aromatic N) is 6. The summed E-state index contributed by atoms with van der Waals surface area (Å²) in [4.78, 5) is 28.2. The van der Waals surface area contributed by atoms with Crippen molar-refractivity contribution in [3.05, 3.63) is 47.8 Å². The molecule has 2 saturated heterocycles. The van der Waals surface area contributed by atoms with Crippen molar-refractivity contribution in [1.29, 1.82) is 0 Å². The first kappa shape index (κ1) is 27.6. The quantitative estimate of drug-likeness (QED) is 0.594. The van der Waals surface area contributed by atoms with Crippen LogP contribution in [0.2, 0.25) is 0 Å². The standard InChI is InChI=1S/C27H36F3N7O2/c1-19(38)35-13-15-36(16-14-35)23-31-17-21(22(32-23)27(28,29)30)37-18-25(33-24(37)39)9-11-26(12-10-25,34(2)3)20-7-5-4-6-8-20/h4-8,17,19,38H,9-16,18H2,1-3H3,(H,33,39)/t19?,25-,26+. The molecule has 2 aromatic rings. The molecule has 0 radical (unpaired) electrons. The number of aliphatic hydroxyl groups is 1. The van der Waals surface area contributed by atoms with Crippen LogP contribution in [0.3, 0.4) is 0 Å². The molecule has 5 rings (SSSR count). The molecule has 3 fully saturated rings. The topological polar surface area (TPSA) is 88.1 Å². The van der Waals surface area contributed by atoms with Crippen molar-refractivity contribution in [2.45, 2.75) is 56.1 Å². The molecule has 212 valence electrons. The summed E-state index contributed by atoms with van der Waals surface area (Å²) < 4.78 is 42.7. The van der Waals surface area contributed by atoms with Crippen LogP contribution in [0.4, 0.5) is 29.6 Å². The molecular formula is C27H36F3N7O2. The van der Waals surface area contributed by atoms with E-state index in [-0.39, 0.29) is 23.7 Å². The molecule has 1 aliphatic carbocycles. The summed E-state index contributed by atoms with van der Waals surface area (Å²) in [5.41, 5.74) is -1.06. The van der Waals surface area contributed by atoms with Crippen molar-refractivity contribution in [1.82, 2.24) is 25.1 Å². The molecule has 1 aromatic heterocycles. The van der Waals surface area contributed by atoms with Crippen LogP contribution in [-0.4, -0.2) is 89.5 Å². The van der Waals surface area contributed by atoms with Gasteiger partial charge in [-0.25, -0.2) is 14.8 Å². The number of rotatable bonds is 5. The van der Waals surface area contributed by atoms with Crippen LogP contribution < -0.4 is 15.1 Å². The number of amides is 2. The number of urea groups is 1. The maximum atomic E-state index is 14.2. The average molecular weight is 548 g/mol. The molecule has 1 spiro atoms. The zero-order valence-corrected chi connectivity index (χ0v) is 22.6. The maximum Gasteiger partial charge on any atom is 0.435 e. The zero-order valence-electron chi connectivity index (χ0n) is 22.6. The third-order valence-electron chi connectivity index (χ3n) is 8.72. The van der Waals surface area contributed by atoms with Crippen molar-refractivity contribution in [3.8, 4) is 0 Å². The second kappa shape index (κ2) is 10.2. The van der Waals surface area contributed by atoms with Crippen LogP contribution in [0.25, 0.3) is 0 Å². The summed E-state index contributed by atoms with van der Waals surface area (Å²) in [5.74, 6) is -0.0260. The fourth-order valence-corrected chi connectivity index (χ4v) is 6.29. The molecule has 1 atom stereocenters. The van der Waals surface area contributed by atoms with Crippen molar-refractivity contribution in [3.63, 3.8) is 0 Å². The monoisotopic (exact) mass is 547 g/mol. The molecular weight excluding hydrogens is 511 g/mol. The number of carbonyl (C=O) groups is 1. The second-order valence-electron chi connectivity index (χ2n) is 11.1. The summed E-state index contributed by atoms with van der Waals surface area (Å²) in [6.07, 6.45) is -1.47. The largest absolute Gasteiger partial charge is 0.435 e. The number of aromatic nitrogens is 2. The van der Waals surface area contributed by atoms with E-state index in [1.807, 2.05) is 37.2 Å². The summed E-state index contributed by atoms with van der Waals surface area (Å²) in [5, 5.41) is 12.8. The van der Waals surface area contributed by atoms with Gasteiger partial charge in [-0.2, -0.15) is 13.2 Å². The Labute approximate surface area is 226 Å². The molecule has 1 unspecified atom stereocenters. The number of hydrogen-bond donors (Lipinski definition) is 2. The van der Waals surface area contributed by atoms with Gasteiger partial charge in [0, 0.05) is 31.7 Å². The van der Waals surface area contributed by atoms with Gasteiger partial charge in [0.1, 0.15) is 6.23 Å². The highest BCUT2D eigenvalue weighted by Crippen LogP contribution is 2.47. The first-order chi connectivity index (χ1) is 18.4. The van der Waals surface area contributed by atoms with Crippen molar-refractivity contribution >= 4 is 17.7 Å². The lowest BCUT2D eigenvalue weighted by atomic mass is 9.69. The van der Waals surface area contributed by atoms with Crippen LogP contribution in [0.15, 0.2) is 36.5 Å². The van der Waals surface area contributed by atoms with Gasteiger partial charge >= 0.3 is 12.2 Å². The number of halogens is 3. The molecule has 1 aromatic carbocycles. The number of benzene rings is 1. The number of alkyl halides is 3. The van der Waals surface area contributed by atoms with E-state index in [1.165, 1.54) is 5.56 Å². The zero-order chi connectivity index (χ0) is 28.0. The third kappa shape index (κ3) is 5.17. The summed E-state index contributed by atoms with van der Waals surface area (Å²) in [7, 11) is 4.09. The minimum atomic E-state index is -4.76. The van der Waals surface area contributed by atoms with Crippen LogP contribution >= 0.6 is 0 Å². The van der Waals surface area contributed by atoms with E-state index in [9.17, 15) is 23.1 Å². The van der Waals surface area contributed by atoms with Crippen LogP contribution in [0.1, 0.15) is 43.9 Å². The highest BCUT2D eigenvalue weighted by atomic mass is 19.4. The van der Waals surface area contributed by atoms with E-state index >= 15 is 0 Å². The number of carbonyl (C=O) groups excluding carboxylic acids is 1. The normalized spacial score (nSPS) is 27.3. The van der Waals surface area contributed by atoms with Gasteiger partial charge in [0.05, 0.1) is 24.0 Å². The van der Waals surface area contributed by atoms with E-state index in [1.54, 1.807) is 11.8 Å². The minimum Gasteiger partial charge on any atom is -0.379 e. The average Bonchev–Trinajstić information content (AvgIpc) is 3.24. The van der Waals surface area contributed by atoms with Gasteiger partial charge in [-0.05, 0) is 52.3 Å². The Balaban J connectivity index is 1.37. The second-order valence-corrected chi connectivity index (χ2v) is 11.1. The fourth-order valence-electron chi connectivity index (χ4n) is 6.29. The Morgan fingerprint density at radius 3 is 2.26 bits per heavy atom.